The third kappa shape index (κ3) is 27.6. The van der Waals surface area contributed by atoms with Crippen LogP contribution < -0.4 is 0 Å². The number of rotatable bonds is 28. The molecule has 0 heterocycles. The number of hydrogen-bond donors (Lipinski definition) is 0. The Morgan fingerprint density at radius 1 is 0.529 bits per heavy atom. The van der Waals surface area contributed by atoms with E-state index in [9.17, 15) is 4.79 Å². The Hall–Kier alpha value is -0.690. The molecule has 0 spiro atoms. The summed E-state index contributed by atoms with van der Waals surface area (Å²) in [5.41, 5.74) is 0. The zero-order valence-electron chi connectivity index (χ0n) is 22.8. The Morgan fingerprint density at radius 2 is 0.941 bits per heavy atom. The molecule has 0 amide bonds. The van der Waals surface area contributed by atoms with E-state index in [1.807, 2.05) is 6.92 Å². The van der Waals surface area contributed by atoms with E-state index in [-0.39, 0.29) is 12.1 Å². The van der Waals surface area contributed by atoms with Crippen LogP contribution in [0.15, 0.2) is 0 Å². The molecule has 6 heteroatoms. The molecule has 1 atom stereocenters. The van der Waals surface area contributed by atoms with Gasteiger partial charge in [0.15, 0.2) is 0 Å². The summed E-state index contributed by atoms with van der Waals surface area (Å²) >= 11 is 0. The van der Waals surface area contributed by atoms with Gasteiger partial charge in [-0.15, -0.1) is 0 Å². The minimum atomic E-state index is -0.127. The monoisotopic (exact) mass is 488 g/mol. The molecule has 1 unspecified atom stereocenters. The summed E-state index contributed by atoms with van der Waals surface area (Å²) in [6.45, 7) is 11.3. The third-order valence-corrected chi connectivity index (χ3v) is 5.72. The van der Waals surface area contributed by atoms with Gasteiger partial charge < -0.3 is 23.7 Å². The van der Waals surface area contributed by atoms with E-state index in [0.717, 1.165) is 25.9 Å². The van der Waals surface area contributed by atoms with Crippen molar-refractivity contribution in [2.45, 2.75) is 123 Å². The van der Waals surface area contributed by atoms with Crippen LogP contribution in [0.25, 0.3) is 0 Å². The third-order valence-electron chi connectivity index (χ3n) is 5.72. The van der Waals surface area contributed by atoms with Crippen LogP contribution in [0.2, 0.25) is 0 Å². The van der Waals surface area contributed by atoms with E-state index in [1.54, 1.807) is 0 Å². The highest BCUT2D eigenvalue weighted by Gasteiger charge is 2.08. The Kier molecular flexibility index (Phi) is 28.0. The Bertz CT molecular complexity index is 404. The lowest BCUT2D eigenvalue weighted by Crippen LogP contribution is -2.15. The van der Waals surface area contributed by atoms with Crippen molar-refractivity contribution in [3.8, 4) is 0 Å². The van der Waals surface area contributed by atoms with E-state index in [1.165, 1.54) is 64.2 Å². The Balaban J connectivity index is 3.15. The number of ether oxygens (including phenoxy) is 5. The van der Waals surface area contributed by atoms with E-state index < -0.39 is 0 Å². The summed E-state index contributed by atoms with van der Waals surface area (Å²) in [5, 5.41) is 0. The van der Waals surface area contributed by atoms with Gasteiger partial charge in [0.2, 0.25) is 0 Å². The molecule has 0 aromatic carbocycles. The van der Waals surface area contributed by atoms with Crippen molar-refractivity contribution in [2.24, 2.45) is 0 Å². The summed E-state index contributed by atoms with van der Waals surface area (Å²) in [5.74, 6) is -0.127. The lowest BCUT2D eigenvalue weighted by Gasteiger charge is -2.13. The number of unbranched alkanes of at least 4 members (excludes halogenated alkanes) is 10. The number of esters is 1. The van der Waals surface area contributed by atoms with Crippen molar-refractivity contribution >= 4 is 5.97 Å². The molecular formula is C28H56O6. The van der Waals surface area contributed by atoms with Crippen molar-refractivity contribution in [2.75, 3.05) is 52.9 Å². The summed E-state index contributed by atoms with van der Waals surface area (Å²) in [6.07, 6.45) is 17.6. The smallest absolute Gasteiger partial charge is 0.306 e. The number of carbonyl (C=O) groups excluding carboxylic acids is 1. The van der Waals surface area contributed by atoms with Gasteiger partial charge in [0.25, 0.3) is 0 Å². The molecule has 0 rings (SSSR count). The summed E-state index contributed by atoms with van der Waals surface area (Å²) in [4.78, 5) is 11.8. The number of carbonyl (C=O) groups is 1. The molecule has 0 N–H and O–H groups in total. The molecule has 0 aliphatic carbocycles. The van der Waals surface area contributed by atoms with Crippen LogP contribution in [0.5, 0.6) is 0 Å². The van der Waals surface area contributed by atoms with Crippen LogP contribution in [0.3, 0.4) is 0 Å². The van der Waals surface area contributed by atoms with Crippen LogP contribution in [0.4, 0.5) is 0 Å². The molecule has 0 aliphatic rings. The second-order valence-electron chi connectivity index (χ2n) is 9.18. The molecule has 0 aromatic rings. The summed E-state index contributed by atoms with van der Waals surface area (Å²) in [6, 6.07) is 0. The molecule has 0 aromatic heterocycles. The lowest BCUT2D eigenvalue weighted by molar-refractivity contribution is -0.149. The maximum absolute atomic E-state index is 11.8. The van der Waals surface area contributed by atoms with Crippen molar-refractivity contribution in [3.63, 3.8) is 0 Å². The first-order valence-corrected chi connectivity index (χ1v) is 14.2. The van der Waals surface area contributed by atoms with Crippen molar-refractivity contribution in [1.29, 1.82) is 0 Å². The molecule has 0 saturated carbocycles. The predicted molar refractivity (Wildman–Crippen MR) is 139 cm³/mol. The lowest BCUT2D eigenvalue weighted by atomic mass is 10.1. The molecule has 34 heavy (non-hydrogen) atoms. The van der Waals surface area contributed by atoms with Crippen LogP contribution in [0, 0.1) is 0 Å². The maximum Gasteiger partial charge on any atom is 0.306 e. The van der Waals surface area contributed by atoms with E-state index in [4.69, 9.17) is 23.7 Å². The predicted octanol–water partition coefficient (Wildman–Crippen LogP) is 6.88. The fourth-order valence-electron chi connectivity index (χ4n) is 3.62. The molecule has 6 nitrogen and oxygen atoms in total. The largest absolute Gasteiger partial charge is 0.463 e. The highest BCUT2D eigenvalue weighted by molar-refractivity contribution is 5.69. The average molecular weight is 489 g/mol. The Labute approximate surface area is 210 Å². The highest BCUT2D eigenvalue weighted by Crippen LogP contribution is 2.10. The molecule has 0 fully saturated rings. The molecule has 0 bridgehead atoms. The summed E-state index contributed by atoms with van der Waals surface area (Å²) < 4.78 is 27.5. The van der Waals surface area contributed by atoms with Gasteiger partial charge in [-0.3, -0.25) is 4.79 Å². The van der Waals surface area contributed by atoms with Crippen LogP contribution in [-0.4, -0.2) is 64.9 Å². The normalized spacial score (nSPS) is 12.2. The number of hydrogen-bond acceptors (Lipinski definition) is 6. The molecular weight excluding hydrogens is 432 g/mol. The Morgan fingerprint density at radius 3 is 1.47 bits per heavy atom. The first kappa shape index (κ1) is 33.3. The SMILES string of the molecule is CCCCCCCCCCCOCCOCCOCCOCCCC(=O)OC(C)CCCCC. The van der Waals surface area contributed by atoms with Crippen LogP contribution in [-0.2, 0) is 28.5 Å². The topological polar surface area (TPSA) is 63.2 Å². The van der Waals surface area contributed by atoms with Crippen LogP contribution in [0.1, 0.15) is 117 Å². The van der Waals surface area contributed by atoms with Gasteiger partial charge in [0, 0.05) is 19.6 Å². The van der Waals surface area contributed by atoms with Crippen molar-refractivity contribution in [1.82, 2.24) is 0 Å². The minimum Gasteiger partial charge on any atom is -0.463 e. The van der Waals surface area contributed by atoms with Gasteiger partial charge in [0.05, 0.1) is 45.7 Å². The average Bonchev–Trinajstić information content (AvgIpc) is 2.82. The maximum atomic E-state index is 11.8. The summed E-state index contributed by atoms with van der Waals surface area (Å²) in [7, 11) is 0. The zero-order chi connectivity index (χ0) is 25.0. The van der Waals surface area contributed by atoms with Gasteiger partial charge in [-0.2, -0.15) is 0 Å². The molecule has 0 saturated heterocycles. The molecule has 0 radical (unpaired) electrons. The quantitative estimate of drug-likeness (QED) is 0.0884. The zero-order valence-corrected chi connectivity index (χ0v) is 22.8. The standard InChI is InChI=1S/C28H56O6/c1-4-6-8-9-10-11-12-13-15-19-30-21-23-32-25-26-33-24-22-31-20-16-18-28(29)34-27(3)17-14-7-5-2/h27H,4-26H2,1-3H3. The van der Waals surface area contributed by atoms with Crippen molar-refractivity contribution in [3.05, 3.63) is 0 Å². The van der Waals surface area contributed by atoms with Gasteiger partial charge in [-0.25, -0.2) is 0 Å². The van der Waals surface area contributed by atoms with E-state index in [2.05, 4.69) is 13.8 Å². The van der Waals surface area contributed by atoms with Gasteiger partial charge in [-0.1, -0.05) is 78.1 Å². The van der Waals surface area contributed by atoms with Crippen molar-refractivity contribution < 1.29 is 28.5 Å². The van der Waals surface area contributed by atoms with Crippen LogP contribution >= 0.6 is 0 Å². The highest BCUT2D eigenvalue weighted by atomic mass is 16.6. The van der Waals surface area contributed by atoms with E-state index >= 15 is 0 Å². The molecule has 204 valence electrons. The second-order valence-corrected chi connectivity index (χ2v) is 9.18. The fourth-order valence-corrected chi connectivity index (χ4v) is 3.62. The first-order valence-electron chi connectivity index (χ1n) is 14.2. The van der Waals surface area contributed by atoms with E-state index in [0.29, 0.717) is 59.1 Å². The minimum absolute atomic E-state index is 0.0156. The molecule has 0 aliphatic heterocycles. The van der Waals surface area contributed by atoms with Gasteiger partial charge in [-0.05, 0) is 32.6 Å². The van der Waals surface area contributed by atoms with Gasteiger partial charge in [0.1, 0.15) is 0 Å². The first-order chi connectivity index (χ1) is 16.7. The second kappa shape index (κ2) is 28.5. The van der Waals surface area contributed by atoms with Gasteiger partial charge >= 0.3 is 5.97 Å². The fraction of sp³-hybridized carbons (Fsp3) is 0.964.